The Morgan fingerprint density at radius 2 is 1.97 bits per heavy atom. The maximum absolute atomic E-state index is 12.9. The Labute approximate surface area is 187 Å². The van der Waals surface area contributed by atoms with Crippen LogP contribution in [-0.4, -0.2) is 38.1 Å². The van der Waals surface area contributed by atoms with Crippen molar-refractivity contribution in [2.24, 2.45) is 0 Å². The molecule has 0 bridgehead atoms. The molecule has 0 radical (unpaired) electrons. The van der Waals surface area contributed by atoms with E-state index in [2.05, 4.69) is 15.4 Å². The predicted molar refractivity (Wildman–Crippen MR) is 115 cm³/mol. The molecule has 32 heavy (non-hydrogen) atoms. The molecular weight excluding hydrogens is 432 g/mol. The Morgan fingerprint density at radius 1 is 1.16 bits per heavy atom. The van der Waals surface area contributed by atoms with E-state index >= 15 is 0 Å². The van der Waals surface area contributed by atoms with E-state index in [0.717, 1.165) is 11.4 Å². The molecule has 4 aromatic rings. The van der Waals surface area contributed by atoms with E-state index in [0.29, 0.717) is 39.8 Å². The molecule has 3 aromatic heterocycles. The number of hydrogen-bond acceptors (Lipinski definition) is 9. The molecule has 1 aromatic carbocycles. The van der Waals surface area contributed by atoms with E-state index in [4.69, 9.17) is 18.4 Å². The molecule has 0 aliphatic carbocycles. The van der Waals surface area contributed by atoms with Crippen LogP contribution < -0.4 is 9.47 Å². The number of fused-ring (bicyclic) bond motifs is 1. The Morgan fingerprint density at radius 3 is 2.75 bits per heavy atom. The van der Waals surface area contributed by atoms with Gasteiger partial charge in [0.15, 0.2) is 23.1 Å². The molecule has 5 rings (SSSR count). The van der Waals surface area contributed by atoms with Crippen molar-refractivity contribution < 1.29 is 23.2 Å². The lowest BCUT2D eigenvalue weighted by Gasteiger charge is -2.23. The lowest BCUT2D eigenvalue weighted by Crippen LogP contribution is -2.21. The van der Waals surface area contributed by atoms with Crippen molar-refractivity contribution in [2.75, 3.05) is 12.4 Å². The number of aromatic nitrogens is 4. The molecule has 0 amide bonds. The average molecular weight is 452 g/mol. The predicted octanol–water partition coefficient (Wildman–Crippen LogP) is 4.26. The van der Waals surface area contributed by atoms with Gasteiger partial charge in [-0.15, -0.1) is 10.2 Å². The van der Waals surface area contributed by atoms with Gasteiger partial charge in [-0.2, -0.15) is 0 Å². The third-order valence-corrected chi connectivity index (χ3v) is 5.93. The zero-order valence-corrected chi connectivity index (χ0v) is 18.5. The molecular formula is C22H20N4O5S. The lowest BCUT2D eigenvalue weighted by atomic mass is 10.2. The quantitative estimate of drug-likeness (QED) is 0.313. The number of carbonyl (C=O) groups excluding carboxylic acids is 1. The number of rotatable bonds is 6. The van der Waals surface area contributed by atoms with E-state index in [1.54, 1.807) is 0 Å². The standard InChI is InChI=1S/C22H20N4O5S/c1-12-8-15(14(3)26(12)20-9-13(2)31-25-20)16(27)11-32-22-24-23-21(30-22)19-10-28-17-6-4-5-7-18(17)29-19/h4-9,19H,10-11H2,1-3H3/t19-/m1/s1. The van der Waals surface area contributed by atoms with Gasteiger partial charge in [-0.05, 0) is 39.0 Å². The first-order chi connectivity index (χ1) is 15.5. The third kappa shape index (κ3) is 3.77. The molecule has 164 valence electrons. The monoisotopic (exact) mass is 452 g/mol. The smallest absolute Gasteiger partial charge is 0.277 e. The first kappa shape index (κ1) is 20.4. The highest BCUT2D eigenvalue weighted by atomic mass is 32.2. The van der Waals surface area contributed by atoms with E-state index in [1.807, 2.05) is 61.7 Å². The van der Waals surface area contributed by atoms with E-state index < -0.39 is 6.10 Å². The minimum Gasteiger partial charge on any atom is -0.485 e. The molecule has 0 saturated heterocycles. The average Bonchev–Trinajstić information content (AvgIpc) is 3.51. The van der Waals surface area contributed by atoms with Crippen LogP contribution in [0.5, 0.6) is 11.5 Å². The second-order valence-corrected chi connectivity index (χ2v) is 8.32. The first-order valence-corrected chi connectivity index (χ1v) is 11.0. The zero-order valence-electron chi connectivity index (χ0n) is 17.7. The summed E-state index contributed by atoms with van der Waals surface area (Å²) in [6.07, 6.45) is -0.493. The lowest BCUT2D eigenvalue weighted by molar-refractivity contribution is 0.0686. The number of ether oxygens (including phenoxy) is 2. The molecule has 10 heteroatoms. The van der Waals surface area contributed by atoms with Crippen LogP contribution in [-0.2, 0) is 0 Å². The van der Waals surface area contributed by atoms with Crippen LogP contribution in [0.1, 0.15) is 39.5 Å². The van der Waals surface area contributed by atoms with Crippen molar-refractivity contribution in [2.45, 2.75) is 32.1 Å². The van der Waals surface area contributed by atoms with Gasteiger partial charge in [-0.3, -0.25) is 9.36 Å². The highest BCUT2D eigenvalue weighted by molar-refractivity contribution is 7.99. The Bertz CT molecular complexity index is 1290. The number of thioether (sulfide) groups is 1. The molecule has 0 spiro atoms. The summed E-state index contributed by atoms with van der Waals surface area (Å²) in [6.45, 7) is 5.92. The van der Waals surface area contributed by atoms with Crippen LogP contribution in [0.2, 0.25) is 0 Å². The van der Waals surface area contributed by atoms with Crippen LogP contribution in [0.25, 0.3) is 5.82 Å². The fraction of sp³-hybridized carbons (Fsp3) is 0.273. The van der Waals surface area contributed by atoms with Crippen molar-refractivity contribution in [3.63, 3.8) is 0 Å². The number of aryl methyl sites for hydroxylation is 2. The van der Waals surface area contributed by atoms with Crippen LogP contribution in [0, 0.1) is 20.8 Å². The van der Waals surface area contributed by atoms with E-state index in [9.17, 15) is 4.79 Å². The Balaban J connectivity index is 1.25. The molecule has 0 N–H and O–H groups in total. The molecule has 0 saturated carbocycles. The number of hydrogen-bond donors (Lipinski definition) is 0. The summed E-state index contributed by atoms with van der Waals surface area (Å²) >= 11 is 1.19. The number of carbonyl (C=O) groups is 1. The van der Waals surface area contributed by atoms with Crippen LogP contribution in [0.4, 0.5) is 0 Å². The molecule has 9 nitrogen and oxygen atoms in total. The third-order valence-electron chi connectivity index (χ3n) is 5.11. The minimum atomic E-state index is -0.493. The fourth-order valence-electron chi connectivity index (χ4n) is 3.61. The van der Waals surface area contributed by atoms with Crippen molar-refractivity contribution in [1.82, 2.24) is 19.9 Å². The summed E-state index contributed by atoms with van der Waals surface area (Å²) in [5, 5.41) is 12.5. The van der Waals surface area contributed by atoms with Gasteiger partial charge in [0.25, 0.3) is 11.1 Å². The fourth-order valence-corrected chi connectivity index (χ4v) is 4.26. The van der Waals surface area contributed by atoms with Gasteiger partial charge in [0.2, 0.25) is 6.10 Å². The zero-order chi connectivity index (χ0) is 22.2. The van der Waals surface area contributed by atoms with Crippen molar-refractivity contribution in [1.29, 1.82) is 0 Å². The van der Waals surface area contributed by atoms with E-state index in [-0.39, 0.29) is 18.1 Å². The van der Waals surface area contributed by atoms with E-state index in [1.165, 1.54) is 11.8 Å². The molecule has 1 aliphatic rings. The van der Waals surface area contributed by atoms with Crippen LogP contribution >= 0.6 is 11.8 Å². The number of ketones is 1. The maximum Gasteiger partial charge on any atom is 0.277 e. The maximum atomic E-state index is 12.9. The SMILES string of the molecule is Cc1cc(-n2c(C)cc(C(=O)CSc3nnc([C@H]4COc5ccccc5O4)o3)c2C)no1. The summed E-state index contributed by atoms with van der Waals surface area (Å²) in [4.78, 5) is 12.9. The molecule has 4 heterocycles. The highest BCUT2D eigenvalue weighted by Gasteiger charge is 2.27. The van der Waals surface area contributed by atoms with Gasteiger partial charge in [0, 0.05) is 23.0 Å². The topological polar surface area (TPSA) is 105 Å². The number of nitrogens with zero attached hydrogens (tertiary/aromatic N) is 4. The molecule has 0 unspecified atom stereocenters. The summed E-state index contributed by atoms with van der Waals surface area (Å²) < 4.78 is 24.4. The minimum absolute atomic E-state index is 0.0412. The Kier molecular flexibility index (Phi) is 5.22. The second kappa shape index (κ2) is 8.19. The molecule has 1 atom stereocenters. The first-order valence-electron chi connectivity index (χ1n) is 10.00. The normalized spacial score (nSPS) is 15.2. The summed E-state index contributed by atoms with van der Waals surface area (Å²) in [5.41, 5.74) is 2.33. The van der Waals surface area contributed by atoms with Crippen molar-refractivity contribution in [3.05, 3.63) is 65.0 Å². The van der Waals surface area contributed by atoms with Gasteiger partial charge in [0.1, 0.15) is 12.4 Å². The largest absolute Gasteiger partial charge is 0.485 e. The Hall–Kier alpha value is -3.53. The van der Waals surface area contributed by atoms with Crippen LogP contribution in [0.15, 0.2) is 50.6 Å². The molecule has 0 fully saturated rings. The number of benzene rings is 1. The van der Waals surface area contributed by atoms with Crippen molar-refractivity contribution in [3.8, 4) is 17.3 Å². The highest BCUT2D eigenvalue weighted by Crippen LogP contribution is 2.36. The molecule has 1 aliphatic heterocycles. The summed E-state index contributed by atoms with van der Waals surface area (Å²) in [6, 6.07) is 11.1. The number of para-hydroxylation sites is 2. The van der Waals surface area contributed by atoms with Crippen molar-refractivity contribution >= 4 is 17.5 Å². The number of Topliss-reactive ketones (excluding diaryl/α,β-unsaturated/α-hetero) is 1. The summed E-state index contributed by atoms with van der Waals surface area (Å²) in [7, 11) is 0. The van der Waals surface area contributed by atoms with Gasteiger partial charge < -0.3 is 18.4 Å². The van der Waals surface area contributed by atoms with Gasteiger partial charge in [-0.1, -0.05) is 29.1 Å². The van der Waals surface area contributed by atoms with Crippen LogP contribution in [0.3, 0.4) is 0 Å². The van der Waals surface area contributed by atoms with Gasteiger partial charge in [-0.25, -0.2) is 0 Å². The van der Waals surface area contributed by atoms with Gasteiger partial charge in [0.05, 0.1) is 5.75 Å². The van der Waals surface area contributed by atoms with Gasteiger partial charge >= 0.3 is 0 Å². The summed E-state index contributed by atoms with van der Waals surface area (Å²) in [5.74, 6) is 3.11. The second-order valence-electron chi connectivity index (χ2n) is 7.40.